The quantitative estimate of drug-likeness (QED) is 0.904. The third kappa shape index (κ3) is 4.43. The molecule has 0 spiro atoms. The summed E-state index contributed by atoms with van der Waals surface area (Å²) in [6, 6.07) is 7.51. The van der Waals surface area contributed by atoms with Crippen molar-refractivity contribution >= 4 is 0 Å². The van der Waals surface area contributed by atoms with Crippen LogP contribution in [0.5, 0.6) is 5.75 Å². The fraction of sp³-hybridized carbons (Fsp3) is 0.647. The van der Waals surface area contributed by atoms with Crippen LogP contribution in [0.1, 0.15) is 24.8 Å². The molecule has 0 amide bonds. The summed E-state index contributed by atoms with van der Waals surface area (Å²) >= 11 is 0. The Labute approximate surface area is 126 Å². The van der Waals surface area contributed by atoms with Crippen LogP contribution in [-0.4, -0.2) is 49.0 Å². The van der Waals surface area contributed by atoms with E-state index in [1.807, 2.05) is 12.1 Å². The Morgan fingerprint density at radius 3 is 2.57 bits per heavy atom. The van der Waals surface area contributed by atoms with E-state index < -0.39 is 0 Å². The Bertz CT molecular complexity index is 420. The minimum atomic E-state index is 0.335. The van der Waals surface area contributed by atoms with Gasteiger partial charge < -0.3 is 14.6 Å². The number of phenolic OH excluding ortho intramolecular Hbond substituents is 1. The molecule has 1 aromatic rings. The van der Waals surface area contributed by atoms with Crippen LogP contribution in [0, 0.1) is 5.92 Å². The maximum Gasteiger partial charge on any atom is 0.115 e. The van der Waals surface area contributed by atoms with Gasteiger partial charge in [0, 0.05) is 32.2 Å². The van der Waals surface area contributed by atoms with Gasteiger partial charge in [0.1, 0.15) is 5.75 Å². The third-order valence-corrected chi connectivity index (χ3v) is 4.47. The molecule has 2 aliphatic rings. The van der Waals surface area contributed by atoms with Gasteiger partial charge in [-0.2, -0.15) is 0 Å². The molecule has 3 rings (SSSR count). The van der Waals surface area contributed by atoms with Crippen molar-refractivity contribution in [2.24, 2.45) is 5.92 Å². The minimum absolute atomic E-state index is 0.335. The second-order valence-electron chi connectivity index (χ2n) is 6.20. The lowest BCUT2D eigenvalue weighted by atomic mass is 10.1. The Morgan fingerprint density at radius 2 is 1.90 bits per heavy atom. The number of phenols is 1. The zero-order valence-electron chi connectivity index (χ0n) is 12.5. The van der Waals surface area contributed by atoms with Gasteiger partial charge in [-0.05, 0) is 37.0 Å². The molecule has 0 unspecified atom stereocenters. The number of rotatable bonds is 5. The molecule has 2 saturated heterocycles. The Morgan fingerprint density at radius 1 is 1.14 bits per heavy atom. The Hall–Kier alpha value is -1.10. The van der Waals surface area contributed by atoms with Gasteiger partial charge in [-0.1, -0.05) is 12.1 Å². The third-order valence-electron chi connectivity index (χ3n) is 4.47. The number of likely N-dealkylation sites (tertiary alicyclic amines) is 1. The van der Waals surface area contributed by atoms with Crippen LogP contribution < -0.4 is 0 Å². The predicted molar refractivity (Wildman–Crippen MR) is 81.3 cm³/mol. The first-order chi connectivity index (χ1) is 10.3. The molecule has 0 radical (unpaired) electrons. The van der Waals surface area contributed by atoms with Crippen molar-refractivity contribution in [2.45, 2.75) is 31.9 Å². The van der Waals surface area contributed by atoms with E-state index in [-0.39, 0.29) is 0 Å². The first kappa shape index (κ1) is 14.8. The highest BCUT2D eigenvalue weighted by molar-refractivity contribution is 5.25. The van der Waals surface area contributed by atoms with Crippen LogP contribution in [0.3, 0.4) is 0 Å². The number of benzene rings is 1. The van der Waals surface area contributed by atoms with Crippen molar-refractivity contribution in [3.63, 3.8) is 0 Å². The van der Waals surface area contributed by atoms with Crippen molar-refractivity contribution < 1.29 is 14.6 Å². The van der Waals surface area contributed by atoms with Crippen molar-refractivity contribution in [3.8, 4) is 5.75 Å². The molecule has 0 aliphatic carbocycles. The summed E-state index contributed by atoms with van der Waals surface area (Å²) in [5.74, 6) is 0.946. The summed E-state index contributed by atoms with van der Waals surface area (Å²) in [6.45, 7) is 5.78. The van der Waals surface area contributed by atoms with Gasteiger partial charge in [0.15, 0.2) is 0 Å². The van der Waals surface area contributed by atoms with Crippen LogP contribution in [0.4, 0.5) is 0 Å². The van der Waals surface area contributed by atoms with Crippen LogP contribution >= 0.6 is 0 Å². The van der Waals surface area contributed by atoms with E-state index in [2.05, 4.69) is 4.90 Å². The monoisotopic (exact) mass is 291 g/mol. The summed E-state index contributed by atoms with van der Waals surface area (Å²) in [6.07, 6.45) is 3.80. The average molecular weight is 291 g/mol. The number of hydrogen-bond donors (Lipinski definition) is 1. The first-order valence-corrected chi connectivity index (χ1v) is 7.99. The number of aromatic hydroxyl groups is 1. The van der Waals surface area contributed by atoms with Gasteiger partial charge in [-0.25, -0.2) is 0 Å². The molecule has 2 fully saturated rings. The second kappa shape index (κ2) is 7.25. The fourth-order valence-electron chi connectivity index (χ4n) is 3.08. The molecule has 2 aliphatic heterocycles. The van der Waals surface area contributed by atoms with Crippen LogP contribution in [-0.2, 0) is 16.0 Å². The smallest absolute Gasteiger partial charge is 0.115 e. The number of ether oxygens (including phenoxy) is 2. The van der Waals surface area contributed by atoms with Crippen molar-refractivity contribution in [1.82, 2.24) is 4.90 Å². The summed E-state index contributed by atoms with van der Waals surface area (Å²) in [5, 5.41) is 9.31. The van der Waals surface area contributed by atoms with Crippen molar-refractivity contribution in [1.29, 1.82) is 0 Å². The molecular formula is C17H25NO3. The van der Waals surface area contributed by atoms with E-state index in [1.54, 1.807) is 12.1 Å². The normalized spacial score (nSPS) is 24.5. The van der Waals surface area contributed by atoms with Gasteiger partial charge in [0.25, 0.3) is 0 Å². The fourth-order valence-corrected chi connectivity index (χ4v) is 3.08. The van der Waals surface area contributed by atoms with Gasteiger partial charge in [-0.15, -0.1) is 0 Å². The topological polar surface area (TPSA) is 41.9 Å². The van der Waals surface area contributed by atoms with Crippen molar-refractivity contribution in [3.05, 3.63) is 29.8 Å². The van der Waals surface area contributed by atoms with E-state index in [0.29, 0.717) is 17.8 Å². The summed E-state index contributed by atoms with van der Waals surface area (Å²) in [7, 11) is 0. The molecule has 1 N–H and O–H groups in total. The van der Waals surface area contributed by atoms with Crippen LogP contribution in [0.25, 0.3) is 0 Å². The number of hydrogen-bond acceptors (Lipinski definition) is 4. The highest BCUT2D eigenvalue weighted by Crippen LogP contribution is 2.20. The summed E-state index contributed by atoms with van der Waals surface area (Å²) < 4.78 is 11.4. The predicted octanol–water partition coefficient (Wildman–Crippen LogP) is 2.41. The van der Waals surface area contributed by atoms with Gasteiger partial charge in [0.2, 0.25) is 0 Å². The molecule has 4 heteroatoms. The minimum Gasteiger partial charge on any atom is -0.508 e. The number of nitrogens with zero attached hydrogens (tertiary/aromatic N) is 1. The van der Waals surface area contributed by atoms with E-state index in [4.69, 9.17) is 9.47 Å². The van der Waals surface area contributed by atoms with Gasteiger partial charge in [0.05, 0.1) is 19.3 Å². The van der Waals surface area contributed by atoms with E-state index in [9.17, 15) is 5.11 Å². The highest BCUT2D eigenvalue weighted by atomic mass is 16.5. The molecule has 4 nitrogen and oxygen atoms in total. The Kier molecular flexibility index (Phi) is 5.12. The van der Waals surface area contributed by atoms with Gasteiger partial charge in [-0.3, -0.25) is 4.90 Å². The maximum atomic E-state index is 9.31. The molecule has 0 aromatic heterocycles. The first-order valence-electron chi connectivity index (χ1n) is 7.99. The molecule has 21 heavy (non-hydrogen) atoms. The molecule has 1 aromatic carbocycles. The summed E-state index contributed by atoms with van der Waals surface area (Å²) in [4.78, 5) is 2.46. The van der Waals surface area contributed by atoms with Crippen LogP contribution in [0.2, 0.25) is 0 Å². The highest BCUT2D eigenvalue weighted by Gasteiger charge is 2.22. The molecule has 2 heterocycles. The molecular weight excluding hydrogens is 266 g/mol. The molecule has 1 atom stereocenters. The summed E-state index contributed by atoms with van der Waals surface area (Å²) in [5.41, 5.74) is 1.26. The largest absolute Gasteiger partial charge is 0.508 e. The maximum absolute atomic E-state index is 9.31. The molecule has 116 valence electrons. The zero-order chi connectivity index (χ0) is 14.5. The second-order valence-corrected chi connectivity index (χ2v) is 6.20. The average Bonchev–Trinajstić information content (AvgIpc) is 3.02. The SMILES string of the molecule is Oc1ccc(CN2CCC(OC[C@@H]3CCOC3)CC2)cc1. The van der Waals surface area contributed by atoms with Crippen molar-refractivity contribution in [2.75, 3.05) is 32.9 Å². The van der Waals surface area contributed by atoms with E-state index in [0.717, 1.165) is 58.7 Å². The molecule has 0 bridgehead atoms. The van der Waals surface area contributed by atoms with E-state index >= 15 is 0 Å². The zero-order valence-corrected chi connectivity index (χ0v) is 12.5. The Balaban J connectivity index is 1.37. The van der Waals surface area contributed by atoms with Gasteiger partial charge >= 0.3 is 0 Å². The van der Waals surface area contributed by atoms with Crippen LogP contribution in [0.15, 0.2) is 24.3 Å². The standard InChI is InChI=1S/C17H25NO3/c19-16-3-1-14(2-4-16)11-18-8-5-17(6-9-18)21-13-15-7-10-20-12-15/h1-4,15,17,19H,5-13H2/t15-/m1/s1. The lowest BCUT2D eigenvalue weighted by Gasteiger charge is -2.32. The lowest BCUT2D eigenvalue weighted by molar-refractivity contribution is -0.0116. The number of piperidine rings is 1. The van der Waals surface area contributed by atoms with E-state index in [1.165, 1.54) is 5.56 Å². The molecule has 0 saturated carbocycles. The lowest BCUT2D eigenvalue weighted by Crippen LogP contribution is -2.37.